The van der Waals surface area contributed by atoms with Crippen LogP contribution in [0, 0.1) is 12.3 Å². The summed E-state index contributed by atoms with van der Waals surface area (Å²) in [5, 5.41) is 0.839. The third-order valence-electron chi connectivity index (χ3n) is 3.64. The molecular formula is C18H24N2O2. The fourth-order valence-electron chi connectivity index (χ4n) is 2.53. The number of nitrogens with two attached hydrogens (primary N) is 1. The number of benzene rings is 1. The standard InChI is InChI=1S/C18H24N2O2/c1-5-13(21)10-18(3,4)11-22-16-8-6-7-15-17(16)14(19)9-12(2)20-15/h6-9H,5,10-11H2,1-4H3,(H2,19,20). The van der Waals surface area contributed by atoms with Crippen LogP contribution in [-0.2, 0) is 4.79 Å². The molecular weight excluding hydrogens is 276 g/mol. The first kappa shape index (κ1) is 16.3. The maximum absolute atomic E-state index is 11.7. The molecule has 0 bridgehead atoms. The number of hydrogen-bond donors (Lipinski definition) is 1. The summed E-state index contributed by atoms with van der Waals surface area (Å²) in [5.74, 6) is 0.975. The van der Waals surface area contributed by atoms with Crippen LogP contribution in [0.1, 0.15) is 39.3 Å². The van der Waals surface area contributed by atoms with Crippen molar-refractivity contribution in [1.82, 2.24) is 4.98 Å². The highest BCUT2D eigenvalue weighted by atomic mass is 16.5. The molecule has 118 valence electrons. The Balaban J connectivity index is 2.24. The Labute approximate surface area is 131 Å². The quantitative estimate of drug-likeness (QED) is 0.878. The summed E-state index contributed by atoms with van der Waals surface area (Å²) in [4.78, 5) is 16.1. The number of hydrogen-bond acceptors (Lipinski definition) is 4. The first-order valence-electron chi connectivity index (χ1n) is 7.63. The molecule has 0 amide bonds. The molecule has 4 nitrogen and oxygen atoms in total. The van der Waals surface area contributed by atoms with Crippen LogP contribution in [0.25, 0.3) is 10.9 Å². The fraction of sp³-hybridized carbons (Fsp3) is 0.444. The molecule has 0 saturated heterocycles. The first-order valence-corrected chi connectivity index (χ1v) is 7.63. The zero-order chi connectivity index (χ0) is 16.3. The van der Waals surface area contributed by atoms with Crippen LogP contribution in [0.2, 0.25) is 0 Å². The molecule has 2 aromatic rings. The third kappa shape index (κ3) is 3.75. The minimum Gasteiger partial charge on any atom is -0.492 e. The highest BCUT2D eigenvalue weighted by Crippen LogP contribution is 2.32. The Bertz CT molecular complexity index is 693. The van der Waals surface area contributed by atoms with Gasteiger partial charge in [0.2, 0.25) is 0 Å². The van der Waals surface area contributed by atoms with Gasteiger partial charge in [0, 0.05) is 29.6 Å². The van der Waals surface area contributed by atoms with Gasteiger partial charge in [-0.1, -0.05) is 26.8 Å². The van der Waals surface area contributed by atoms with Crippen LogP contribution in [-0.4, -0.2) is 17.4 Å². The Morgan fingerprint density at radius 2 is 2.09 bits per heavy atom. The molecule has 0 aliphatic carbocycles. The van der Waals surface area contributed by atoms with E-state index in [4.69, 9.17) is 10.5 Å². The first-order chi connectivity index (χ1) is 10.3. The van der Waals surface area contributed by atoms with Crippen molar-refractivity contribution in [1.29, 1.82) is 0 Å². The van der Waals surface area contributed by atoms with Crippen molar-refractivity contribution in [3.8, 4) is 5.75 Å². The number of ether oxygens (including phenoxy) is 1. The smallest absolute Gasteiger partial charge is 0.133 e. The Morgan fingerprint density at radius 3 is 2.77 bits per heavy atom. The molecule has 1 aromatic carbocycles. The number of carbonyl (C=O) groups is 1. The molecule has 0 aliphatic rings. The number of carbonyl (C=O) groups excluding carboxylic acids is 1. The predicted molar refractivity (Wildman–Crippen MR) is 90.1 cm³/mol. The maximum Gasteiger partial charge on any atom is 0.133 e. The molecule has 0 unspecified atom stereocenters. The second-order valence-electron chi connectivity index (χ2n) is 6.53. The van der Waals surface area contributed by atoms with Gasteiger partial charge in [0.05, 0.1) is 17.5 Å². The molecule has 0 spiro atoms. The number of pyridine rings is 1. The van der Waals surface area contributed by atoms with Gasteiger partial charge < -0.3 is 10.5 Å². The van der Waals surface area contributed by atoms with Crippen LogP contribution in [0.15, 0.2) is 24.3 Å². The van der Waals surface area contributed by atoms with Gasteiger partial charge in [0.25, 0.3) is 0 Å². The van der Waals surface area contributed by atoms with Gasteiger partial charge in [-0.05, 0) is 25.1 Å². The normalized spacial score (nSPS) is 11.6. The van der Waals surface area contributed by atoms with Gasteiger partial charge in [-0.15, -0.1) is 0 Å². The molecule has 1 heterocycles. The number of aromatic nitrogens is 1. The SMILES string of the molecule is CCC(=O)CC(C)(C)COc1cccc2nc(C)cc(N)c12. The maximum atomic E-state index is 11.7. The van der Waals surface area contributed by atoms with Crippen LogP contribution in [0.5, 0.6) is 5.75 Å². The number of nitrogen functional groups attached to an aromatic ring is 1. The number of fused-ring (bicyclic) bond motifs is 1. The van der Waals surface area contributed by atoms with Crippen LogP contribution < -0.4 is 10.5 Å². The minimum absolute atomic E-state index is 0.206. The van der Waals surface area contributed by atoms with E-state index < -0.39 is 0 Å². The number of ketones is 1. The summed E-state index contributed by atoms with van der Waals surface area (Å²) in [7, 11) is 0. The van der Waals surface area contributed by atoms with E-state index in [9.17, 15) is 4.79 Å². The molecule has 1 aromatic heterocycles. The van der Waals surface area contributed by atoms with Crippen LogP contribution >= 0.6 is 0 Å². The molecule has 22 heavy (non-hydrogen) atoms. The van der Waals surface area contributed by atoms with Crippen molar-refractivity contribution >= 4 is 22.4 Å². The topological polar surface area (TPSA) is 65.2 Å². The summed E-state index contributed by atoms with van der Waals surface area (Å²) in [5.41, 5.74) is 8.30. The lowest BCUT2D eigenvalue weighted by Gasteiger charge is -2.24. The van der Waals surface area contributed by atoms with E-state index in [-0.39, 0.29) is 11.2 Å². The third-order valence-corrected chi connectivity index (χ3v) is 3.64. The average molecular weight is 300 g/mol. The van der Waals surface area contributed by atoms with E-state index in [2.05, 4.69) is 4.98 Å². The lowest BCUT2D eigenvalue weighted by atomic mass is 9.87. The van der Waals surface area contributed by atoms with Gasteiger partial charge in [-0.3, -0.25) is 9.78 Å². The van der Waals surface area contributed by atoms with Gasteiger partial charge in [-0.2, -0.15) is 0 Å². The lowest BCUT2D eigenvalue weighted by Crippen LogP contribution is -2.24. The van der Waals surface area contributed by atoms with E-state index in [0.717, 1.165) is 22.3 Å². The highest BCUT2D eigenvalue weighted by Gasteiger charge is 2.22. The predicted octanol–water partition coefficient (Wildman–Crippen LogP) is 3.90. The van der Waals surface area contributed by atoms with Crippen molar-refractivity contribution < 1.29 is 9.53 Å². The molecule has 0 fully saturated rings. The average Bonchev–Trinajstić information content (AvgIpc) is 2.44. The van der Waals surface area contributed by atoms with E-state index >= 15 is 0 Å². The molecule has 0 saturated carbocycles. The second-order valence-corrected chi connectivity index (χ2v) is 6.53. The van der Waals surface area contributed by atoms with E-state index in [1.807, 2.05) is 52.0 Å². The van der Waals surface area contributed by atoms with Gasteiger partial charge in [-0.25, -0.2) is 0 Å². The summed E-state index contributed by atoms with van der Waals surface area (Å²) in [6.07, 6.45) is 1.08. The fourth-order valence-corrected chi connectivity index (χ4v) is 2.53. The van der Waals surface area contributed by atoms with Gasteiger partial charge in [0.15, 0.2) is 0 Å². The number of Topliss-reactive ketones (excluding diaryl/α,β-unsaturated/α-hetero) is 1. The summed E-state index contributed by atoms with van der Waals surface area (Å²) >= 11 is 0. The highest BCUT2D eigenvalue weighted by molar-refractivity contribution is 5.95. The summed E-state index contributed by atoms with van der Waals surface area (Å²) in [6, 6.07) is 7.58. The van der Waals surface area contributed by atoms with E-state index in [1.165, 1.54) is 0 Å². The zero-order valence-electron chi connectivity index (χ0n) is 13.8. The van der Waals surface area contributed by atoms with Crippen molar-refractivity contribution in [3.63, 3.8) is 0 Å². The van der Waals surface area contributed by atoms with Crippen molar-refractivity contribution in [2.75, 3.05) is 12.3 Å². The number of aryl methyl sites for hydroxylation is 1. The van der Waals surface area contributed by atoms with Crippen LogP contribution in [0.3, 0.4) is 0 Å². The van der Waals surface area contributed by atoms with Crippen LogP contribution in [0.4, 0.5) is 5.69 Å². The van der Waals surface area contributed by atoms with Crippen molar-refractivity contribution in [2.24, 2.45) is 5.41 Å². The van der Waals surface area contributed by atoms with Gasteiger partial charge in [0.1, 0.15) is 11.5 Å². The zero-order valence-corrected chi connectivity index (χ0v) is 13.8. The second kappa shape index (κ2) is 6.34. The molecule has 0 radical (unpaired) electrons. The molecule has 0 atom stereocenters. The van der Waals surface area contributed by atoms with E-state index in [0.29, 0.717) is 25.1 Å². The Morgan fingerprint density at radius 1 is 1.36 bits per heavy atom. The van der Waals surface area contributed by atoms with Gasteiger partial charge >= 0.3 is 0 Å². The minimum atomic E-state index is -0.206. The Hall–Kier alpha value is -2.10. The lowest BCUT2D eigenvalue weighted by molar-refractivity contribution is -0.121. The molecule has 2 N–H and O–H groups in total. The molecule has 2 rings (SSSR count). The number of nitrogens with zero attached hydrogens (tertiary/aromatic N) is 1. The monoisotopic (exact) mass is 300 g/mol. The number of rotatable bonds is 6. The summed E-state index contributed by atoms with van der Waals surface area (Å²) in [6.45, 7) is 8.35. The van der Waals surface area contributed by atoms with Crippen molar-refractivity contribution in [3.05, 3.63) is 30.0 Å². The molecule has 0 aliphatic heterocycles. The van der Waals surface area contributed by atoms with Crippen molar-refractivity contribution in [2.45, 2.75) is 40.5 Å². The Kier molecular flexibility index (Phi) is 4.69. The number of anilines is 1. The summed E-state index contributed by atoms with van der Waals surface area (Å²) < 4.78 is 5.98. The van der Waals surface area contributed by atoms with E-state index in [1.54, 1.807) is 0 Å². The molecule has 4 heteroatoms. The largest absolute Gasteiger partial charge is 0.492 e.